The monoisotopic (exact) mass is 324 g/mol. The van der Waals surface area contributed by atoms with Crippen LogP contribution >= 0.6 is 22.9 Å². The molecule has 2 N–H and O–H groups in total. The minimum Gasteiger partial charge on any atom is -0.379 e. The molecular weight excluding hydrogens is 308 g/mol. The van der Waals surface area contributed by atoms with Crippen LogP contribution in [-0.4, -0.2) is 29.7 Å². The summed E-state index contributed by atoms with van der Waals surface area (Å²) in [5.41, 5.74) is 6.66. The molecule has 0 saturated carbocycles. The van der Waals surface area contributed by atoms with Crippen LogP contribution in [0.1, 0.15) is 23.0 Å². The summed E-state index contributed by atoms with van der Waals surface area (Å²) < 4.78 is 5.73. The Morgan fingerprint density at radius 1 is 1.48 bits per heavy atom. The smallest absolute Gasteiger partial charge is 0.222 e. The van der Waals surface area contributed by atoms with E-state index in [1.807, 2.05) is 24.4 Å². The summed E-state index contributed by atoms with van der Waals surface area (Å²) in [4.78, 5) is 11.9. The van der Waals surface area contributed by atoms with Crippen LogP contribution in [0, 0.1) is 6.92 Å². The highest BCUT2D eigenvalue weighted by Gasteiger charge is 2.27. The lowest BCUT2D eigenvalue weighted by Crippen LogP contribution is -2.31. The van der Waals surface area contributed by atoms with E-state index in [0.717, 1.165) is 41.0 Å². The minimum absolute atomic E-state index is 0.0636. The number of anilines is 2. The van der Waals surface area contributed by atoms with Crippen LogP contribution in [0.2, 0.25) is 5.02 Å². The van der Waals surface area contributed by atoms with Crippen molar-refractivity contribution in [2.24, 2.45) is 0 Å². The topological polar surface area (TPSA) is 64.3 Å². The van der Waals surface area contributed by atoms with Gasteiger partial charge >= 0.3 is 0 Å². The van der Waals surface area contributed by atoms with Gasteiger partial charge in [0, 0.05) is 29.8 Å². The zero-order valence-electron chi connectivity index (χ0n) is 11.8. The Labute approximate surface area is 132 Å². The van der Waals surface area contributed by atoms with Crippen LogP contribution < -0.4 is 10.6 Å². The van der Waals surface area contributed by atoms with Gasteiger partial charge in [-0.25, -0.2) is 4.98 Å². The van der Waals surface area contributed by atoms with Crippen LogP contribution in [0.15, 0.2) is 17.5 Å². The van der Waals surface area contributed by atoms with E-state index in [1.54, 1.807) is 11.3 Å². The van der Waals surface area contributed by atoms with Gasteiger partial charge in [0.15, 0.2) is 0 Å². The fourth-order valence-electron chi connectivity index (χ4n) is 2.53. The van der Waals surface area contributed by atoms with Crippen molar-refractivity contribution in [3.05, 3.63) is 33.1 Å². The molecule has 0 bridgehead atoms. The summed E-state index contributed by atoms with van der Waals surface area (Å²) in [5, 5.41) is 2.78. The Morgan fingerprint density at radius 2 is 2.33 bits per heavy atom. The maximum atomic E-state index is 6.31. The molecule has 1 saturated heterocycles. The molecule has 0 unspecified atom stereocenters. The zero-order chi connectivity index (χ0) is 14.8. The molecule has 7 heteroatoms. The van der Waals surface area contributed by atoms with Crippen LogP contribution in [0.25, 0.3) is 0 Å². The fraction of sp³-hybridized carbons (Fsp3) is 0.429. The Kier molecular flexibility index (Phi) is 4.28. The first-order valence-corrected chi connectivity index (χ1v) is 8.09. The zero-order valence-corrected chi connectivity index (χ0v) is 13.3. The number of nitrogens with zero attached hydrogens (tertiary/aromatic N) is 3. The standard InChI is InChI=1S/C14H17ClN4OS/c1-9-7-12(18-14(16)17-9)19-4-2-5-20-8-11(19)13-10(15)3-6-21-13/h3,6-7,11H,2,4-5,8H2,1H3,(H2,16,17,18)/t11-/m1/s1. The van der Waals surface area contributed by atoms with Crippen LogP contribution in [-0.2, 0) is 4.74 Å². The van der Waals surface area contributed by atoms with Crippen molar-refractivity contribution in [1.29, 1.82) is 0 Å². The van der Waals surface area contributed by atoms with Gasteiger partial charge in [-0.2, -0.15) is 4.98 Å². The molecule has 1 aliphatic rings. The molecule has 21 heavy (non-hydrogen) atoms. The third kappa shape index (κ3) is 3.12. The number of aryl methyl sites for hydroxylation is 1. The van der Waals surface area contributed by atoms with Crippen molar-refractivity contribution in [2.75, 3.05) is 30.4 Å². The number of thiophene rings is 1. The molecule has 1 aliphatic heterocycles. The quantitative estimate of drug-likeness (QED) is 0.919. The van der Waals surface area contributed by atoms with E-state index in [1.165, 1.54) is 0 Å². The lowest BCUT2D eigenvalue weighted by molar-refractivity contribution is 0.135. The van der Waals surface area contributed by atoms with E-state index in [-0.39, 0.29) is 6.04 Å². The van der Waals surface area contributed by atoms with E-state index >= 15 is 0 Å². The predicted octanol–water partition coefficient (Wildman–Crippen LogP) is 3.05. The molecule has 0 radical (unpaired) electrons. The summed E-state index contributed by atoms with van der Waals surface area (Å²) in [7, 11) is 0. The number of aromatic nitrogens is 2. The minimum atomic E-state index is 0.0636. The molecule has 3 heterocycles. The van der Waals surface area contributed by atoms with Gasteiger partial charge in [-0.1, -0.05) is 11.6 Å². The van der Waals surface area contributed by atoms with Gasteiger partial charge in [0.1, 0.15) is 5.82 Å². The molecule has 3 rings (SSSR count). The largest absolute Gasteiger partial charge is 0.379 e. The number of ether oxygens (including phenoxy) is 1. The molecule has 0 aromatic carbocycles. The Morgan fingerprint density at radius 3 is 3.05 bits per heavy atom. The number of hydrogen-bond acceptors (Lipinski definition) is 6. The average Bonchev–Trinajstić information content (AvgIpc) is 2.72. The highest BCUT2D eigenvalue weighted by atomic mass is 35.5. The Bertz CT molecular complexity index is 613. The van der Waals surface area contributed by atoms with Crippen molar-refractivity contribution in [3.8, 4) is 0 Å². The number of hydrogen-bond donors (Lipinski definition) is 1. The maximum Gasteiger partial charge on any atom is 0.222 e. The number of nitrogen functional groups attached to an aromatic ring is 1. The summed E-state index contributed by atoms with van der Waals surface area (Å²) in [5.74, 6) is 1.13. The van der Waals surface area contributed by atoms with Gasteiger partial charge in [0.25, 0.3) is 0 Å². The summed E-state index contributed by atoms with van der Waals surface area (Å²) >= 11 is 7.96. The molecule has 1 atom stereocenters. The Balaban J connectivity index is 2.01. The van der Waals surface area contributed by atoms with E-state index in [0.29, 0.717) is 12.6 Å². The first-order valence-electron chi connectivity index (χ1n) is 6.83. The summed E-state index contributed by atoms with van der Waals surface area (Å²) in [6.45, 7) is 4.12. The first-order chi connectivity index (χ1) is 10.1. The number of rotatable bonds is 2. The molecule has 5 nitrogen and oxygen atoms in total. The van der Waals surface area contributed by atoms with Crippen molar-refractivity contribution in [1.82, 2.24) is 9.97 Å². The van der Waals surface area contributed by atoms with Crippen LogP contribution in [0.3, 0.4) is 0 Å². The van der Waals surface area contributed by atoms with Gasteiger partial charge in [0.05, 0.1) is 17.7 Å². The summed E-state index contributed by atoms with van der Waals surface area (Å²) in [6.07, 6.45) is 0.947. The third-order valence-corrected chi connectivity index (χ3v) is 4.90. The van der Waals surface area contributed by atoms with Crippen molar-refractivity contribution in [3.63, 3.8) is 0 Å². The molecule has 2 aromatic rings. The van der Waals surface area contributed by atoms with Crippen LogP contribution in [0.4, 0.5) is 11.8 Å². The van der Waals surface area contributed by atoms with Crippen molar-refractivity contribution in [2.45, 2.75) is 19.4 Å². The Hall–Kier alpha value is -1.37. The molecule has 0 spiro atoms. The number of nitrogens with two attached hydrogens (primary N) is 1. The van der Waals surface area contributed by atoms with Gasteiger partial charge in [-0.05, 0) is 24.8 Å². The van der Waals surface area contributed by atoms with Crippen molar-refractivity contribution < 1.29 is 4.74 Å². The molecular formula is C14H17ClN4OS. The highest BCUT2D eigenvalue weighted by molar-refractivity contribution is 7.10. The normalized spacial score (nSPS) is 19.5. The molecule has 112 valence electrons. The lowest BCUT2D eigenvalue weighted by atomic mass is 10.2. The van der Waals surface area contributed by atoms with Gasteiger partial charge in [0.2, 0.25) is 5.95 Å². The second-order valence-corrected chi connectivity index (χ2v) is 6.35. The number of halogens is 1. The van der Waals surface area contributed by atoms with Crippen LogP contribution in [0.5, 0.6) is 0 Å². The fourth-order valence-corrected chi connectivity index (χ4v) is 3.81. The third-order valence-electron chi connectivity index (χ3n) is 3.44. The van der Waals surface area contributed by atoms with E-state index in [4.69, 9.17) is 22.1 Å². The SMILES string of the molecule is Cc1cc(N2CCCOC[C@@H]2c2sccc2Cl)nc(N)n1. The van der Waals surface area contributed by atoms with Gasteiger partial charge < -0.3 is 15.4 Å². The molecule has 0 aliphatic carbocycles. The van der Waals surface area contributed by atoms with Gasteiger partial charge in [-0.3, -0.25) is 0 Å². The lowest BCUT2D eigenvalue weighted by Gasteiger charge is -2.30. The molecule has 1 fully saturated rings. The van der Waals surface area contributed by atoms with Crippen molar-refractivity contribution >= 4 is 34.7 Å². The summed E-state index contributed by atoms with van der Waals surface area (Å²) in [6, 6.07) is 3.94. The second-order valence-electron chi connectivity index (χ2n) is 5.00. The highest BCUT2D eigenvalue weighted by Crippen LogP contribution is 2.36. The second kappa shape index (κ2) is 6.17. The molecule has 0 amide bonds. The van der Waals surface area contributed by atoms with E-state index < -0.39 is 0 Å². The van der Waals surface area contributed by atoms with E-state index in [2.05, 4.69) is 14.9 Å². The predicted molar refractivity (Wildman–Crippen MR) is 86.0 cm³/mol. The first kappa shape index (κ1) is 14.6. The van der Waals surface area contributed by atoms with Gasteiger partial charge in [-0.15, -0.1) is 11.3 Å². The average molecular weight is 325 g/mol. The molecule has 2 aromatic heterocycles. The van der Waals surface area contributed by atoms with E-state index in [9.17, 15) is 0 Å². The maximum absolute atomic E-state index is 6.31.